The molecule has 1 unspecified atom stereocenters. The number of hydrogen-bond donors (Lipinski definition) is 2. The van der Waals surface area contributed by atoms with Crippen molar-refractivity contribution in [1.29, 1.82) is 0 Å². The smallest absolute Gasteiger partial charge is 0.416 e. The molecule has 32 heavy (non-hydrogen) atoms. The van der Waals surface area contributed by atoms with Gasteiger partial charge in [0, 0.05) is 17.5 Å². The zero-order chi connectivity index (χ0) is 23.1. The largest absolute Gasteiger partial charge is 0.489 e. The number of benzene rings is 2. The van der Waals surface area contributed by atoms with Gasteiger partial charge in [-0.25, -0.2) is 4.21 Å². The Bertz CT molecular complexity index is 1150. The number of halogens is 4. The van der Waals surface area contributed by atoms with Gasteiger partial charge in [-0.05, 0) is 47.9 Å². The molecular formula is C22H20F4N2O3S. The van der Waals surface area contributed by atoms with Crippen LogP contribution in [0.1, 0.15) is 17.5 Å². The van der Waals surface area contributed by atoms with Crippen LogP contribution in [0.4, 0.5) is 23.2 Å². The highest BCUT2D eigenvalue weighted by Crippen LogP contribution is 2.30. The van der Waals surface area contributed by atoms with Gasteiger partial charge in [0.1, 0.15) is 29.0 Å². The molecule has 2 N–H and O–H groups in total. The van der Waals surface area contributed by atoms with E-state index < -0.39 is 35.0 Å². The lowest BCUT2D eigenvalue weighted by molar-refractivity contribution is -0.137. The summed E-state index contributed by atoms with van der Waals surface area (Å²) in [7, 11) is -1.60. The van der Waals surface area contributed by atoms with E-state index in [2.05, 4.69) is 9.71 Å². The second kappa shape index (κ2) is 10.4. The van der Waals surface area contributed by atoms with E-state index in [1.54, 1.807) is 30.3 Å². The van der Waals surface area contributed by atoms with Gasteiger partial charge in [0.05, 0.1) is 12.2 Å². The topological polar surface area (TPSA) is 71.2 Å². The summed E-state index contributed by atoms with van der Waals surface area (Å²) < 4.78 is 71.0. The lowest BCUT2D eigenvalue weighted by Crippen LogP contribution is -2.17. The van der Waals surface area contributed by atoms with Crippen LogP contribution in [-0.4, -0.2) is 21.6 Å². The Morgan fingerprint density at radius 2 is 1.81 bits per heavy atom. The maximum Gasteiger partial charge on any atom is 0.416 e. The Labute approximate surface area is 184 Å². The van der Waals surface area contributed by atoms with Crippen LogP contribution < -0.4 is 15.0 Å². The van der Waals surface area contributed by atoms with Crippen LogP contribution in [-0.2, 0) is 23.8 Å². The average molecular weight is 468 g/mol. The average Bonchev–Trinajstić information content (AvgIpc) is 2.77. The van der Waals surface area contributed by atoms with Crippen molar-refractivity contribution in [3.8, 4) is 16.9 Å². The van der Waals surface area contributed by atoms with Crippen LogP contribution in [0, 0.1) is 0 Å². The number of nitrogens with one attached hydrogen (secondary N) is 2. The third kappa shape index (κ3) is 6.43. The molecule has 0 saturated carbocycles. The third-order valence-corrected chi connectivity index (χ3v) is 5.52. The normalized spacial score (nSPS) is 12.4. The fraction of sp³-hybridized carbons (Fsp3) is 0.227. The fourth-order valence-corrected chi connectivity index (χ4v) is 3.73. The Balaban J connectivity index is 1.74. The maximum atomic E-state index is 12.9. The fourth-order valence-electron chi connectivity index (χ4n) is 2.86. The molecule has 0 aliphatic rings. The second-order valence-electron chi connectivity index (χ2n) is 6.84. The van der Waals surface area contributed by atoms with Crippen LogP contribution in [0.15, 0.2) is 65.6 Å². The van der Waals surface area contributed by atoms with E-state index in [1.165, 1.54) is 18.3 Å². The number of ether oxygens (including phenoxy) is 1. The zero-order valence-corrected chi connectivity index (χ0v) is 17.6. The molecule has 1 heterocycles. The van der Waals surface area contributed by atoms with E-state index in [4.69, 9.17) is 4.74 Å². The van der Waals surface area contributed by atoms with Gasteiger partial charge in [-0.3, -0.25) is 9.18 Å². The molecule has 10 heteroatoms. The molecule has 0 amide bonds. The van der Waals surface area contributed by atoms with Gasteiger partial charge in [-0.2, -0.15) is 13.2 Å². The lowest BCUT2D eigenvalue weighted by atomic mass is 10.1. The number of alkyl halides is 4. The maximum absolute atomic E-state index is 12.9. The minimum atomic E-state index is -4.43. The van der Waals surface area contributed by atoms with Crippen molar-refractivity contribution in [2.24, 2.45) is 0 Å². The molecule has 2 aromatic carbocycles. The SMILES string of the molecule is O=c1[nH]cc(-c2cccc(OCc3cccc(C(F)(F)F)c3)c2)cc1NS(=O)CCCF. The number of aromatic amines is 1. The van der Waals surface area contributed by atoms with Gasteiger partial charge < -0.3 is 14.4 Å². The highest BCUT2D eigenvalue weighted by atomic mass is 32.2. The van der Waals surface area contributed by atoms with E-state index in [9.17, 15) is 26.6 Å². The summed E-state index contributed by atoms with van der Waals surface area (Å²) in [5.74, 6) is 0.492. The number of rotatable bonds is 9. The van der Waals surface area contributed by atoms with E-state index in [-0.39, 0.29) is 24.5 Å². The molecule has 0 bridgehead atoms. The van der Waals surface area contributed by atoms with Gasteiger partial charge >= 0.3 is 6.18 Å². The van der Waals surface area contributed by atoms with Crippen LogP contribution >= 0.6 is 0 Å². The summed E-state index contributed by atoms with van der Waals surface area (Å²) in [4.78, 5) is 14.6. The summed E-state index contributed by atoms with van der Waals surface area (Å²) in [6, 6.07) is 13.2. The molecule has 0 aliphatic heterocycles. The molecular weight excluding hydrogens is 448 g/mol. The number of H-pyrrole nitrogens is 1. The minimum Gasteiger partial charge on any atom is -0.489 e. The molecule has 1 aromatic heterocycles. The summed E-state index contributed by atoms with van der Waals surface area (Å²) in [6.45, 7) is -0.656. The van der Waals surface area contributed by atoms with Crippen molar-refractivity contribution in [1.82, 2.24) is 4.98 Å². The third-order valence-electron chi connectivity index (χ3n) is 4.42. The molecule has 0 radical (unpaired) electrons. The molecule has 0 spiro atoms. The zero-order valence-electron chi connectivity index (χ0n) is 16.7. The molecule has 170 valence electrons. The lowest BCUT2D eigenvalue weighted by Gasteiger charge is -2.11. The first kappa shape index (κ1) is 23.5. The van der Waals surface area contributed by atoms with Crippen LogP contribution in [0.25, 0.3) is 11.1 Å². The second-order valence-corrected chi connectivity index (χ2v) is 8.14. The standard InChI is InChI=1S/C22H20F4N2O3S/c23-8-3-9-32(30)28-20-12-17(13-27-21(20)29)16-5-2-7-19(11-16)31-14-15-4-1-6-18(10-15)22(24,25)26/h1-2,4-7,10-13,28H,3,8-9,14H2,(H,27,29). The van der Waals surface area contributed by atoms with Gasteiger partial charge in [0.2, 0.25) is 0 Å². The summed E-state index contributed by atoms with van der Waals surface area (Å²) in [5.41, 5.74) is 0.495. The van der Waals surface area contributed by atoms with Gasteiger partial charge in [0.15, 0.2) is 0 Å². The predicted molar refractivity (Wildman–Crippen MR) is 115 cm³/mol. The van der Waals surface area contributed by atoms with Crippen LogP contribution in [0.3, 0.4) is 0 Å². The molecule has 0 saturated heterocycles. The Hall–Kier alpha value is -3.14. The van der Waals surface area contributed by atoms with Crippen molar-refractivity contribution in [2.45, 2.75) is 19.2 Å². The minimum absolute atomic E-state index is 0.0562. The first-order valence-electron chi connectivity index (χ1n) is 9.59. The van der Waals surface area contributed by atoms with E-state index in [0.29, 0.717) is 22.4 Å². The molecule has 3 aromatic rings. The van der Waals surface area contributed by atoms with Crippen molar-refractivity contribution < 1.29 is 26.5 Å². The van der Waals surface area contributed by atoms with E-state index in [0.717, 1.165) is 12.1 Å². The van der Waals surface area contributed by atoms with Crippen LogP contribution in [0.5, 0.6) is 5.75 Å². The molecule has 0 fully saturated rings. The van der Waals surface area contributed by atoms with Gasteiger partial charge in [0.25, 0.3) is 5.56 Å². The number of pyridine rings is 1. The molecule has 0 aliphatic carbocycles. The predicted octanol–water partition coefficient (Wildman–Crippen LogP) is 5.07. The summed E-state index contributed by atoms with van der Waals surface area (Å²) >= 11 is 0. The van der Waals surface area contributed by atoms with E-state index >= 15 is 0 Å². The first-order chi connectivity index (χ1) is 15.3. The monoisotopic (exact) mass is 468 g/mol. The van der Waals surface area contributed by atoms with Crippen molar-refractivity contribution in [3.05, 3.63) is 82.3 Å². The van der Waals surface area contributed by atoms with Crippen molar-refractivity contribution in [2.75, 3.05) is 17.1 Å². The van der Waals surface area contributed by atoms with E-state index in [1.807, 2.05) is 0 Å². The van der Waals surface area contributed by atoms with Gasteiger partial charge in [-0.15, -0.1) is 0 Å². The highest BCUT2D eigenvalue weighted by Gasteiger charge is 2.30. The highest BCUT2D eigenvalue weighted by molar-refractivity contribution is 7.86. The molecule has 3 rings (SSSR count). The first-order valence-corrected chi connectivity index (χ1v) is 10.9. The number of hydrogen-bond acceptors (Lipinski definition) is 3. The van der Waals surface area contributed by atoms with Gasteiger partial charge in [-0.1, -0.05) is 24.3 Å². The summed E-state index contributed by atoms with van der Waals surface area (Å²) in [6.07, 6.45) is -2.84. The van der Waals surface area contributed by atoms with Crippen LogP contribution in [0.2, 0.25) is 0 Å². The molecule has 5 nitrogen and oxygen atoms in total. The quantitative estimate of drug-likeness (QED) is 0.431. The summed E-state index contributed by atoms with van der Waals surface area (Å²) in [5, 5.41) is 0. The number of aromatic nitrogens is 1. The number of anilines is 1. The Morgan fingerprint density at radius 1 is 1.03 bits per heavy atom. The molecule has 1 atom stereocenters. The van der Waals surface area contributed by atoms with Crippen molar-refractivity contribution >= 4 is 16.7 Å². The van der Waals surface area contributed by atoms with Crippen molar-refractivity contribution in [3.63, 3.8) is 0 Å². The Kier molecular flexibility index (Phi) is 7.68. The Morgan fingerprint density at radius 3 is 2.56 bits per heavy atom.